The van der Waals surface area contributed by atoms with Gasteiger partial charge in [-0.2, -0.15) is 0 Å². The molecule has 2 rings (SSSR count). The Bertz CT molecular complexity index is 566. The molecule has 2 aliphatic rings. The molecule has 0 spiro atoms. The van der Waals surface area contributed by atoms with E-state index in [4.69, 9.17) is 0 Å². The molecule has 1 N–H and O–H groups in total. The topological polar surface area (TPSA) is 69.7 Å². The predicted molar refractivity (Wildman–Crippen MR) is 95.7 cm³/mol. The zero-order valence-electron chi connectivity index (χ0n) is 15.8. The van der Waals surface area contributed by atoms with Crippen LogP contribution >= 0.6 is 0 Å². The molecular weight excluding hydrogens is 326 g/mol. The lowest BCUT2D eigenvalue weighted by molar-refractivity contribution is -0.148. The van der Waals surface area contributed by atoms with Crippen molar-refractivity contribution in [2.45, 2.75) is 64.8 Å². The highest BCUT2D eigenvalue weighted by molar-refractivity contribution is 7.88. The third-order valence-electron chi connectivity index (χ3n) is 5.90. The van der Waals surface area contributed by atoms with Crippen LogP contribution in [0.15, 0.2) is 0 Å². The normalized spacial score (nSPS) is 28.9. The molecule has 1 saturated carbocycles. The zero-order valence-corrected chi connectivity index (χ0v) is 16.6. The fraction of sp³-hybridized carbons (Fsp3) is 0.941. The number of hydrogen-bond acceptors (Lipinski definition) is 4. The van der Waals surface area contributed by atoms with Gasteiger partial charge in [0.2, 0.25) is 15.9 Å². The van der Waals surface area contributed by atoms with Crippen molar-refractivity contribution in [3.8, 4) is 0 Å². The van der Waals surface area contributed by atoms with Gasteiger partial charge in [-0.15, -0.1) is 4.83 Å². The second kappa shape index (κ2) is 6.92. The van der Waals surface area contributed by atoms with Crippen LogP contribution < -0.4 is 4.83 Å². The monoisotopic (exact) mass is 359 g/mol. The highest BCUT2D eigenvalue weighted by Crippen LogP contribution is 2.47. The molecule has 1 amide bonds. The molecule has 7 heteroatoms. The molecule has 1 aliphatic heterocycles. The Morgan fingerprint density at radius 2 is 1.83 bits per heavy atom. The van der Waals surface area contributed by atoms with Gasteiger partial charge in [-0.3, -0.25) is 4.79 Å². The first kappa shape index (κ1) is 19.7. The maximum Gasteiger partial charge on any atom is 0.244 e. The van der Waals surface area contributed by atoms with E-state index in [1.165, 1.54) is 0 Å². The van der Waals surface area contributed by atoms with E-state index in [0.717, 1.165) is 44.8 Å². The highest BCUT2D eigenvalue weighted by Gasteiger charge is 2.55. The van der Waals surface area contributed by atoms with Crippen molar-refractivity contribution in [2.24, 2.45) is 11.3 Å². The van der Waals surface area contributed by atoms with E-state index >= 15 is 0 Å². The van der Waals surface area contributed by atoms with Crippen LogP contribution in [0.25, 0.3) is 0 Å². The van der Waals surface area contributed by atoms with Crippen LogP contribution in [-0.2, 0) is 14.8 Å². The lowest BCUT2D eigenvalue weighted by atomic mass is 9.66. The average Bonchev–Trinajstić information content (AvgIpc) is 2.88. The summed E-state index contributed by atoms with van der Waals surface area (Å²) < 4.78 is 23.7. The van der Waals surface area contributed by atoms with Crippen molar-refractivity contribution >= 4 is 15.9 Å². The van der Waals surface area contributed by atoms with Gasteiger partial charge in [0, 0.05) is 20.1 Å². The van der Waals surface area contributed by atoms with Gasteiger partial charge in [0.1, 0.15) is 5.54 Å². The summed E-state index contributed by atoms with van der Waals surface area (Å²) >= 11 is 0. The van der Waals surface area contributed by atoms with Gasteiger partial charge in [0.25, 0.3) is 0 Å². The van der Waals surface area contributed by atoms with E-state index in [0.29, 0.717) is 18.5 Å². The lowest BCUT2D eigenvalue weighted by Crippen LogP contribution is -2.65. The SMILES string of the molecule is CCN(C)C(=O)[C@]1(C2CCC(C)(C)CC2)CCCN1NS(C)(=O)=O. The second-order valence-electron chi connectivity index (χ2n) is 8.30. The summed E-state index contributed by atoms with van der Waals surface area (Å²) in [6.07, 6.45) is 6.82. The molecule has 6 nitrogen and oxygen atoms in total. The van der Waals surface area contributed by atoms with E-state index in [1.807, 2.05) is 14.0 Å². The summed E-state index contributed by atoms with van der Waals surface area (Å²) in [7, 11) is -1.59. The van der Waals surface area contributed by atoms with Gasteiger partial charge in [-0.25, -0.2) is 13.4 Å². The number of amides is 1. The van der Waals surface area contributed by atoms with Gasteiger partial charge in [0.05, 0.1) is 6.26 Å². The van der Waals surface area contributed by atoms with Crippen molar-refractivity contribution in [2.75, 3.05) is 26.4 Å². The van der Waals surface area contributed by atoms with Crippen molar-refractivity contribution in [3.63, 3.8) is 0 Å². The minimum Gasteiger partial charge on any atom is -0.344 e. The third-order valence-corrected chi connectivity index (χ3v) is 6.46. The van der Waals surface area contributed by atoms with Crippen LogP contribution in [0.2, 0.25) is 0 Å². The number of likely N-dealkylation sites (N-methyl/N-ethyl adjacent to an activating group) is 1. The Hall–Kier alpha value is -0.660. The average molecular weight is 360 g/mol. The van der Waals surface area contributed by atoms with E-state index in [1.54, 1.807) is 9.91 Å². The second-order valence-corrected chi connectivity index (χ2v) is 10.0. The van der Waals surface area contributed by atoms with E-state index in [9.17, 15) is 13.2 Å². The van der Waals surface area contributed by atoms with Crippen molar-refractivity contribution in [1.29, 1.82) is 0 Å². The first-order valence-corrected chi connectivity index (χ1v) is 10.9. The molecule has 1 aliphatic carbocycles. The Labute approximate surface area is 147 Å². The van der Waals surface area contributed by atoms with E-state index < -0.39 is 15.6 Å². The Balaban J connectivity index is 2.36. The molecule has 24 heavy (non-hydrogen) atoms. The number of nitrogens with one attached hydrogen (secondary N) is 1. The molecule has 0 unspecified atom stereocenters. The van der Waals surface area contributed by atoms with Crippen LogP contribution in [0, 0.1) is 11.3 Å². The van der Waals surface area contributed by atoms with Gasteiger partial charge in [-0.05, 0) is 56.8 Å². The molecule has 0 bridgehead atoms. The predicted octanol–water partition coefficient (Wildman–Crippen LogP) is 1.98. The summed E-state index contributed by atoms with van der Waals surface area (Å²) in [5.41, 5.74) is -0.421. The summed E-state index contributed by atoms with van der Waals surface area (Å²) in [4.78, 5) is 17.7. The number of carbonyl (C=O) groups is 1. The van der Waals surface area contributed by atoms with Gasteiger partial charge >= 0.3 is 0 Å². The zero-order chi connectivity index (χ0) is 18.2. The summed E-state index contributed by atoms with van der Waals surface area (Å²) in [5.74, 6) is 0.257. The summed E-state index contributed by atoms with van der Waals surface area (Å²) in [6, 6.07) is 0. The number of sulfonamides is 1. The molecule has 0 aromatic rings. The molecular formula is C17H33N3O3S. The molecule has 140 valence electrons. The largest absolute Gasteiger partial charge is 0.344 e. The molecule has 1 atom stereocenters. The number of carbonyl (C=O) groups excluding carboxylic acids is 1. The molecule has 0 aromatic heterocycles. The first-order chi connectivity index (χ1) is 11.0. The van der Waals surface area contributed by atoms with Crippen LogP contribution in [0.1, 0.15) is 59.3 Å². The standard InChI is InChI=1S/C17H33N3O3S/c1-6-19(4)15(21)17(14-8-11-16(2,3)12-9-14)10-7-13-20(17)18-24(5,22)23/h14,18H,6-13H2,1-5H3/t17-/m1/s1. The Morgan fingerprint density at radius 1 is 1.25 bits per heavy atom. The number of hydrazine groups is 1. The molecule has 2 fully saturated rings. The van der Waals surface area contributed by atoms with Crippen molar-refractivity contribution in [1.82, 2.24) is 14.7 Å². The fourth-order valence-corrected chi connectivity index (χ4v) is 5.00. The summed E-state index contributed by atoms with van der Waals surface area (Å²) in [5, 5.41) is 1.74. The smallest absolute Gasteiger partial charge is 0.244 e. The minimum atomic E-state index is -3.40. The molecule has 0 radical (unpaired) electrons. The lowest BCUT2D eigenvalue weighted by Gasteiger charge is -2.48. The quantitative estimate of drug-likeness (QED) is 0.815. The number of rotatable bonds is 5. The highest BCUT2D eigenvalue weighted by atomic mass is 32.2. The van der Waals surface area contributed by atoms with Gasteiger partial charge in [-0.1, -0.05) is 13.8 Å². The molecule has 0 aromatic carbocycles. The van der Waals surface area contributed by atoms with Crippen LogP contribution in [0.3, 0.4) is 0 Å². The van der Waals surface area contributed by atoms with Crippen LogP contribution in [0.4, 0.5) is 0 Å². The molecule has 1 heterocycles. The van der Waals surface area contributed by atoms with Gasteiger partial charge in [0.15, 0.2) is 0 Å². The maximum absolute atomic E-state index is 13.3. The Kier molecular flexibility index (Phi) is 5.67. The van der Waals surface area contributed by atoms with Crippen molar-refractivity contribution in [3.05, 3.63) is 0 Å². The number of nitrogens with zero attached hydrogens (tertiary/aromatic N) is 2. The van der Waals surface area contributed by atoms with E-state index in [2.05, 4.69) is 18.7 Å². The van der Waals surface area contributed by atoms with Crippen LogP contribution in [-0.4, -0.2) is 56.2 Å². The van der Waals surface area contributed by atoms with Gasteiger partial charge < -0.3 is 4.90 Å². The third kappa shape index (κ3) is 3.94. The fourth-order valence-electron chi connectivity index (χ4n) is 4.34. The van der Waals surface area contributed by atoms with Crippen molar-refractivity contribution < 1.29 is 13.2 Å². The minimum absolute atomic E-state index is 0.0587. The summed E-state index contributed by atoms with van der Waals surface area (Å²) in [6.45, 7) is 7.73. The molecule has 1 saturated heterocycles. The first-order valence-electron chi connectivity index (χ1n) is 9.02. The maximum atomic E-state index is 13.3. The van der Waals surface area contributed by atoms with E-state index in [-0.39, 0.29) is 11.8 Å². The Morgan fingerprint density at radius 3 is 2.33 bits per heavy atom. The number of hydrogen-bond donors (Lipinski definition) is 1. The van der Waals surface area contributed by atoms with Crippen LogP contribution in [0.5, 0.6) is 0 Å².